The first kappa shape index (κ1) is 9.21. The second kappa shape index (κ2) is 3.79. The number of aromatic nitrogens is 2. The molecule has 0 radical (unpaired) electrons. The summed E-state index contributed by atoms with van der Waals surface area (Å²) >= 11 is 0. The van der Waals surface area contributed by atoms with Crippen LogP contribution in [0.1, 0.15) is 34.8 Å². The largest absolute Gasteiger partial charge is 0.365 e. The van der Waals surface area contributed by atoms with Crippen LogP contribution in [0.2, 0.25) is 0 Å². The highest BCUT2D eigenvalue weighted by Crippen LogP contribution is 2.23. The number of aromatic amines is 1. The number of hydrogen-bond acceptors (Lipinski definition) is 3. The van der Waals surface area contributed by atoms with Crippen molar-refractivity contribution in [1.82, 2.24) is 15.5 Å². The number of nitrogens with zero attached hydrogens (tertiary/aromatic N) is 1. The number of amides is 1. The Morgan fingerprint density at radius 2 is 2.50 bits per heavy atom. The van der Waals surface area contributed by atoms with Gasteiger partial charge in [0, 0.05) is 12.5 Å². The van der Waals surface area contributed by atoms with Crippen LogP contribution in [0.5, 0.6) is 0 Å². The summed E-state index contributed by atoms with van der Waals surface area (Å²) in [4.78, 5) is 11.1. The molecule has 76 valence electrons. The Morgan fingerprint density at radius 1 is 1.64 bits per heavy atom. The second-order valence-corrected chi connectivity index (χ2v) is 3.60. The van der Waals surface area contributed by atoms with Crippen LogP contribution in [-0.2, 0) is 0 Å². The smallest absolute Gasteiger partial charge is 0.252 e. The Labute approximate surface area is 82.1 Å². The fourth-order valence-electron chi connectivity index (χ4n) is 1.90. The van der Waals surface area contributed by atoms with E-state index >= 15 is 0 Å². The summed E-state index contributed by atoms with van der Waals surface area (Å²) in [6.07, 6.45) is 3.71. The molecule has 1 fully saturated rings. The summed E-state index contributed by atoms with van der Waals surface area (Å²) in [5.41, 5.74) is 6.65. The van der Waals surface area contributed by atoms with Crippen LogP contribution in [0.3, 0.4) is 0 Å². The quantitative estimate of drug-likeness (QED) is 0.618. The summed E-state index contributed by atoms with van der Waals surface area (Å²) in [6, 6.07) is 0. The first-order valence-corrected chi connectivity index (χ1v) is 4.83. The normalized spacial score (nSPS) is 22.1. The van der Waals surface area contributed by atoms with E-state index < -0.39 is 5.91 Å². The molecule has 5 nitrogen and oxygen atoms in total. The molecule has 2 heterocycles. The third-order valence-electron chi connectivity index (χ3n) is 2.64. The summed E-state index contributed by atoms with van der Waals surface area (Å²) < 4.78 is 0. The standard InChI is InChI=1S/C9H14N4O/c10-9(14)7-5-12-13-8(7)6-2-1-3-11-4-6/h5-6,11H,1-4H2,(H2,10,14)(H,12,13). The molecule has 2 rings (SSSR count). The number of nitrogens with two attached hydrogens (primary N) is 1. The van der Waals surface area contributed by atoms with E-state index in [-0.39, 0.29) is 0 Å². The molecule has 1 aromatic rings. The van der Waals surface area contributed by atoms with Crippen molar-refractivity contribution in [3.63, 3.8) is 0 Å². The van der Waals surface area contributed by atoms with Crippen molar-refractivity contribution in [2.24, 2.45) is 5.73 Å². The van der Waals surface area contributed by atoms with E-state index in [2.05, 4.69) is 15.5 Å². The average molecular weight is 194 g/mol. The summed E-state index contributed by atoms with van der Waals surface area (Å²) in [6.45, 7) is 1.94. The molecule has 1 amide bonds. The highest BCUT2D eigenvalue weighted by molar-refractivity contribution is 5.93. The van der Waals surface area contributed by atoms with Gasteiger partial charge in [-0.25, -0.2) is 0 Å². The second-order valence-electron chi connectivity index (χ2n) is 3.60. The van der Waals surface area contributed by atoms with Crippen LogP contribution in [0, 0.1) is 0 Å². The van der Waals surface area contributed by atoms with E-state index in [1.54, 1.807) is 0 Å². The molecule has 1 aliphatic rings. The van der Waals surface area contributed by atoms with Crippen LogP contribution in [-0.4, -0.2) is 29.2 Å². The molecule has 0 spiro atoms. The minimum absolute atomic E-state index is 0.341. The lowest BCUT2D eigenvalue weighted by atomic mass is 9.94. The molecule has 1 unspecified atom stereocenters. The van der Waals surface area contributed by atoms with Crippen molar-refractivity contribution in [2.45, 2.75) is 18.8 Å². The number of carbonyl (C=O) groups is 1. The Balaban J connectivity index is 2.21. The zero-order chi connectivity index (χ0) is 9.97. The SMILES string of the molecule is NC(=O)c1cn[nH]c1C1CCCNC1. The highest BCUT2D eigenvalue weighted by Gasteiger charge is 2.21. The van der Waals surface area contributed by atoms with E-state index in [9.17, 15) is 4.79 Å². The number of piperidine rings is 1. The fourth-order valence-corrected chi connectivity index (χ4v) is 1.90. The number of primary amides is 1. The van der Waals surface area contributed by atoms with Gasteiger partial charge in [-0.3, -0.25) is 9.89 Å². The Bertz CT molecular complexity index is 327. The van der Waals surface area contributed by atoms with Gasteiger partial charge >= 0.3 is 0 Å². The van der Waals surface area contributed by atoms with E-state index in [1.807, 2.05) is 0 Å². The average Bonchev–Trinajstić information content (AvgIpc) is 2.67. The molecule has 0 saturated carbocycles. The molecule has 1 aliphatic heterocycles. The fraction of sp³-hybridized carbons (Fsp3) is 0.556. The number of carbonyl (C=O) groups excluding carboxylic acids is 1. The van der Waals surface area contributed by atoms with Crippen molar-refractivity contribution < 1.29 is 4.79 Å². The molecule has 0 bridgehead atoms. The van der Waals surface area contributed by atoms with Crippen molar-refractivity contribution >= 4 is 5.91 Å². The van der Waals surface area contributed by atoms with Gasteiger partial charge in [0.2, 0.25) is 0 Å². The Morgan fingerprint density at radius 3 is 3.14 bits per heavy atom. The van der Waals surface area contributed by atoms with Crippen molar-refractivity contribution in [3.05, 3.63) is 17.5 Å². The van der Waals surface area contributed by atoms with Gasteiger partial charge in [0.05, 0.1) is 17.5 Å². The van der Waals surface area contributed by atoms with Crippen LogP contribution in [0.15, 0.2) is 6.20 Å². The number of nitrogens with one attached hydrogen (secondary N) is 2. The summed E-state index contributed by atoms with van der Waals surface area (Å²) in [5.74, 6) is -0.0620. The Hall–Kier alpha value is -1.36. The van der Waals surface area contributed by atoms with E-state index in [1.165, 1.54) is 6.20 Å². The van der Waals surface area contributed by atoms with Gasteiger partial charge in [0.15, 0.2) is 0 Å². The third kappa shape index (κ3) is 1.63. The van der Waals surface area contributed by atoms with Crippen molar-refractivity contribution in [3.8, 4) is 0 Å². The Kier molecular flexibility index (Phi) is 2.49. The van der Waals surface area contributed by atoms with Crippen molar-refractivity contribution in [2.75, 3.05) is 13.1 Å². The molecule has 1 atom stereocenters. The van der Waals surface area contributed by atoms with Gasteiger partial charge in [-0.2, -0.15) is 5.10 Å². The lowest BCUT2D eigenvalue weighted by molar-refractivity contribution is 0.0999. The number of rotatable bonds is 2. The van der Waals surface area contributed by atoms with E-state index in [0.29, 0.717) is 11.5 Å². The summed E-state index contributed by atoms with van der Waals surface area (Å²) in [7, 11) is 0. The van der Waals surface area contributed by atoms with Gasteiger partial charge in [-0.15, -0.1) is 0 Å². The van der Waals surface area contributed by atoms with Crippen LogP contribution in [0.4, 0.5) is 0 Å². The molecule has 14 heavy (non-hydrogen) atoms. The number of hydrogen-bond donors (Lipinski definition) is 3. The lowest BCUT2D eigenvalue weighted by Gasteiger charge is -2.22. The molecule has 0 aromatic carbocycles. The van der Waals surface area contributed by atoms with Gasteiger partial charge in [0.25, 0.3) is 5.91 Å². The van der Waals surface area contributed by atoms with Crippen LogP contribution in [0.25, 0.3) is 0 Å². The molecule has 0 aliphatic carbocycles. The van der Waals surface area contributed by atoms with Crippen LogP contribution >= 0.6 is 0 Å². The zero-order valence-corrected chi connectivity index (χ0v) is 7.92. The molecule has 4 N–H and O–H groups in total. The maximum atomic E-state index is 11.1. The maximum Gasteiger partial charge on any atom is 0.252 e. The topological polar surface area (TPSA) is 83.8 Å². The minimum atomic E-state index is -0.403. The number of H-pyrrole nitrogens is 1. The predicted molar refractivity (Wildman–Crippen MR) is 52.0 cm³/mol. The zero-order valence-electron chi connectivity index (χ0n) is 7.92. The first-order valence-electron chi connectivity index (χ1n) is 4.83. The molecule has 1 aromatic heterocycles. The lowest BCUT2D eigenvalue weighted by Crippen LogP contribution is -2.29. The van der Waals surface area contributed by atoms with Gasteiger partial charge < -0.3 is 11.1 Å². The predicted octanol–water partition coefficient (Wildman–Crippen LogP) is -0.0244. The monoisotopic (exact) mass is 194 g/mol. The summed E-state index contributed by atoms with van der Waals surface area (Å²) in [5, 5.41) is 10.0. The van der Waals surface area contributed by atoms with Crippen LogP contribution < -0.4 is 11.1 Å². The van der Waals surface area contributed by atoms with E-state index in [0.717, 1.165) is 31.6 Å². The molecule has 1 saturated heterocycles. The molecular weight excluding hydrogens is 180 g/mol. The molecular formula is C9H14N4O. The maximum absolute atomic E-state index is 11.1. The van der Waals surface area contributed by atoms with Gasteiger partial charge in [-0.05, 0) is 19.4 Å². The van der Waals surface area contributed by atoms with E-state index in [4.69, 9.17) is 5.73 Å². The van der Waals surface area contributed by atoms with Gasteiger partial charge in [0.1, 0.15) is 0 Å². The third-order valence-corrected chi connectivity index (χ3v) is 2.64. The first-order chi connectivity index (χ1) is 6.79. The van der Waals surface area contributed by atoms with Gasteiger partial charge in [-0.1, -0.05) is 0 Å². The van der Waals surface area contributed by atoms with Crippen molar-refractivity contribution in [1.29, 1.82) is 0 Å². The minimum Gasteiger partial charge on any atom is -0.365 e. The molecule has 5 heteroatoms. The highest BCUT2D eigenvalue weighted by atomic mass is 16.1.